The summed E-state index contributed by atoms with van der Waals surface area (Å²) < 4.78 is 2.10. The lowest BCUT2D eigenvalue weighted by Crippen LogP contribution is -2.39. The first-order valence-corrected chi connectivity index (χ1v) is 6.62. The van der Waals surface area contributed by atoms with Crippen LogP contribution in [0, 0.1) is 5.92 Å². The van der Waals surface area contributed by atoms with E-state index < -0.39 is 0 Å². The third kappa shape index (κ3) is 3.22. The zero-order valence-corrected chi connectivity index (χ0v) is 11.2. The fraction of sp³-hybridized carbons (Fsp3) is 0.769. The Kier molecular flexibility index (Phi) is 4.05. The van der Waals surface area contributed by atoms with Gasteiger partial charge >= 0.3 is 0 Å². The normalized spacial score (nSPS) is 18.0. The zero-order valence-electron chi connectivity index (χ0n) is 11.2. The van der Waals surface area contributed by atoms with Crippen molar-refractivity contribution in [2.24, 2.45) is 13.0 Å². The number of hydrogen-bond acceptors (Lipinski definition) is 3. The molecule has 1 aromatic rings. The first kappa shape index (κ1) is 12.4. The molecule has 0 bridgehead atoms. The van der Waals surface area contributed by atoms with Crippen LogP contribution < -0.4 is 10.2 Å². The molecular formula is C13H24N4. The number of aromatic nitrogens is 2. The smallest absolute Gasteiger partial charge is 0.205 e. The molecule has 0 spiro atoms. The Bertz CT molecular complexity index is 337. The number of anilines is 1. The van der Waals surface area contributed by atoms with Crippen molar-refractivity contribution in [2.75, 3.05) is 24.5 Å². The van der Waals surface area contributed by atoms with E-state index in [0.29, 0.717) is 6.04 Å². The maximum absolute atomic E-state index is 4.41. The lowest BCUT2D eigenvalue weighted by Gasteiger charge is -2.33. The summed E-state index contributed by atoms with van der Waals surface area (Å²) in [5.41, 5.74) is 0. The van der Waals surface area contributed by atoms with E-state index in [1.165, 1.54) is 12.8 Å². The highest BCUT2D eigenvalue weighted by molar-refractivity contribution is 5.31. The van der Waals surface area contributed by atoms with Gasteiger partial charge in [0.15, 0.2) is 0 Å². The van der Waals surface area contributed by atoms with E-state index in [2.05, 4.69) is 40.7 Å². The average molecular weight is 236 g/mol. The van der Waals surface area contributed by atoms with Crippen LogP contribution in [0.1, 0.15) is 26.7 Å². The summed E-state index contributed by atoms with van der Waals surface area (Å²) in [4.78, 5) is 6.81. The molecule has 0 atom stereocenters. The van der Waals surface area contributed by atoms with Crippen molar-refractivity contribution in [3.05, 3.63) is 12.4 Å². The van der Waals surface area contributed by atoms with E-state index >= 15 is 0 Å². The minimum absolute atomic E-state index is 0.600. The quantitative estimate of drug-likeness (QED) is 0.862. The zero-order chi connectivity index (χ0) is 12.3. The Morgan fingerprint density at radius 3 is 2.65 bits per heavy atom. The number of aryl methyl sites for hydroxylation is 1. The predicted molar refractivity (Wildman–Crippen MR) is 71.3 cm³/mol. The highest BCUT2D eigenvalue weighted by Gasteiger charge is 2.21. The summed E-state index contributed by atoms with van der Waals surface area (Å²) in [6, 6.07) is 0.600. The van der Waals surface area contributed by atoms with Gasteiger partial charge in [-0.3, -0.25) is 0 Å². The molecule has 2 heterocycles. The molecular weight excluding hydrogens is 212 g/mol. The Balaban J connectivity index is 1.80. The number of imidazole rings is 1. The van der Waals surface area contributed by atoms with Gasteiger partial charge in [0.2, 0.25) is 5.95 Å². The fourth-order valence-electron chi connectivity index (χ4n) is 2.40. The van der Waals surface area contributed by atoms with Crippen molar-refractivity contribution in [1.29, 1.82) is 0 Å². The van der Waals surface area contributed by atoms with Crippen LogP contribution in [0.4, 0.5) is 5.95 Å². The van der Waals surface area contributed by atoms with E-state index in [0.717, 1.165) is 31.5 Å². The topological polar surface area (TPSA) is 33.1 Å². The Hall–Kier alpha value is -1.03. The monoisotopic (exact) mass is 236 g/mol. The van der Waals surface area contributed by atoms with E-state index in [-0.39, 0.29) is 0 Å². The van der Waals surface area contributed by atoms with Gasteiger partial charge in [-0.15, -0.1) is 0 Å². The van der Waals surface area contributed by atoms with Gasteiger partial charge in [-0.25, -0.2) is 4.98 Å². The van der Waals surface area contributed by atoms with Crippen molar-refractivity contribution in [3.8, 4) is 0 Å². The molecule has 4 heteroatoms. The first-order valence-electron chi connectivity index (χ1n) is 6.62. The minimum Gasteiger partial charge on any atom is -0.342 e. The van der Waals surface area contributed by atoms with Crippen LogP contribution in [0.25, 0.3) is 0 Å². The third-order valence-electron chi connectivity index (χ3n) is 3.51. The second kappa shape index (κ2) is 5.54. The number of nitrogens with zero attached hydrogens (tertiary/aromatic N) is 3. The van der Waals surface area contributed by atoms with Crippen molar-refractivity contribution >= 4 is 5.95 Å². The molecule has 1 aliphatic heterocycles. The van der Waals surface area contributed by atoms with Crippen LogP contribution in [-0.2, 0) is 7.05 Å². The second-order valence-corrected chi connectivity index (χ2v) is 5.33. The van der Waals surface area contributed by atoms with Gasteiger partial charge in [-0.2, -0.15) is 0 Å². The predicted octanol–water partition coefficient (Wildman–Crippen LogP) is 1.63. The molecule has 1 aliphatic rings. The Morgan fingerprint density at radius 2 is 2.12 bits per heavy atom. The Labute approximate surface area is 104 Å². The van der Waals surface area contributed by atoms with Crippen LogP contribution in [0.5, 0.6) is 0 Å². The SMILES string of the molecule is CC(C)NCC1CCN(c2nccn2C)CC1. The molecule has 0 unspecified atom stereocenters. The van der Waals surface area contributed by atoms with E-state index in [1.807, 2.05) is 12.4 Å². The molecule has 1 N–H and O–H groups in total. The maximum Gasteiger partial charge on any atom is 0.205 e. The van der Waals surface area contributed by atoms with Crippen LogP contribution in [0.2, 0.25) is 0 Å². The summed E-state index contributed by atoms with van der Waals surface area (Å²) in [5, 5.41) is 3.54. The molecule has 1 aromatic heterocycles. The van der Waals surface area contributed by atoms with E-state index in [4.69, 9.17) is 0 Å². The summed E-state index contributed by atoms with van der Waals surface area (Å²) in [6.45, 7) is 7.85. The highest BCUT2D eigenvalue weighted by Crippen LogP contribution is 2.21. The molecule has 0 radical (unpaired) electrons. The summed E-state index contributed by atoms with van der Waals surface area (Å²) in [7, 11) is 2.06. The molecule has 17 heavy (non-hydrogen) atoms. The van der Waals surface area contributed by atoms with Crippen molar-refractivity contribution in [3.63, 3.8) is 0 Å². The average Bonchev–Trinajstić information content (AvgIpc) is 2.73. The second-order valence-electron chi connectivity index (χ2n) is 5.33. The molecule has 4 nitrogen and oxygen atoms in total. The van der Waals surface area contributed by atoms with Gasteiger partial charge in [0.05, 0.1) is 0 Å². The summed E-state index contributed by atoms with van der Waals surface area (Å²) >= 11 is 0. The van der Waals surface area contributed by atoms with Gasteiger partial charge in [-0.05, 0) is 25.3 Å². The van der Waals surface area contributed by atoms with Crippen LogP contribution in [0.15, 0.2) is 12.4 Å². The highest BCUT2D eigenvalue weighted by atomic mass is 15.3. The summed E-state index contributed by atoms with van der Waals surface area (Å²) in [5.74, 6) is 1.94. The van der Waals surface area contributed by atoms with Gasteiger partial charge in [0.25, 0.3) is 0 Å². The van der Waals surface area contributed by atoms with E-state index in [1.54, 1.807) is 0 Å². The van der Waals surface area contributed by atoms with Gasteiger partial charge in [0, 0.05) is 38.6 Å². The standard InChI is InChI=1S/C13H24N4/c1-11(2)15-10-12-4-7-17(8-5-12)13-14-6-9-16(13)3/h6,9,11-12,15H,4-5,7-8,10H2,1-3H3. The van der Waals surface area contributed by atoms with Gasteiger partial charge < -0.3 is 14.8 Å². The lowest BCUT2D eigenvalue weighted by molar-refractivity contribution is 0.368. The van der Waals surface area contributed by atoms with Crippen molar-refractivity contribution < 1.29 is 0 Å². The molecule has 0 aromatic carbocycles. The van der Waals surface area contributed by atoms with E-state index in [9.17, 15) is 0 Å². The van der Waals surface area contributed by atoms with Crippen LogP contribution in [0.3, 0.4) is 0 Å². The summed E-state index contributed by atoms with van der Waals surface area (Å²) in [6.07, 6.45) is 6.43. The van der Waals surface area contributed by atoms with Crippen molar-refractivity contribution in [1.82, 2.24) is 14.9 Å². The van der Waals surface area contributed by atoms with Gasteiger partial charge in [-0.1, -0.05) is 13.8 Å². The molecule has 0 aliphatic carbocycles. The minimum atomic E-state index is 0.600. The number of hydrogen-bond donors (Lipinski definition) is 1. The first-order chi connectivity index (χ1) is 8.16. The molecule has 96 valence electrons. The maximum atomic E-state index is 4.41. The fourth-order valence-corrected chi connectivity index (χ4v) is 2.40. The molecule has 0 amide bonds. The number of nitrogens with one attached hydrogen (secondary N) is 1. The third-order valence-corrected chi connectivity index (χ3v) is 3.51. The molecule has 0 saturated carbocycles. The van der Waals surface area contributed by atoms with Crippen molar-refractivity contribution in [2.45, 2.75) is 32.7 Å². The van der Waals surface area contributed by atoms with Crippen LogP contribution in [-0.4, -0.2) is 35.2 Å². The van der Waals surface area contributed by atoms with Gasteiger partial charge in [0.1, 0.15) is 0 Å². The molecule has 2 rings (SSSR count). The Morgan fingerprint density at radius 1 is 1.41 bits per heavy atom. The number of piperidine rings is 1. The molecule has 1 saturated heterocycles. The number of rotatable bonds is 4. The molecule has 1 fully saturated rings. The van der Waals surface area contributed by atoms with Crippen LogP contribution >= 0.6 is 0 Å². The lowest BCUT2D eigenvalue weighted by atomic mass is 9.97. The largest absolute Gasteiger partial charge is 0.342 e.